The molecule has 0 aliphatic carbocycles. The Morgan fingerprint density at radius 3 is 2.38 bits per heavy atom. The van der Waals surface area contributed by atoms with Crippen molar-refractivity contribution in [2.75, 3.05) is 31.4 Å². The molecular weight excluding hydrogens is 319 g/mol. The van der Waals surface area contributed by atoms with E-state index in [0.29, 0.717) is 12.5 Å². The van der Waals surface area contributed by atoms with Crippen molar-refractivity contribution >= 4 is 22.6 Å². The number of hydrogen-bond donors (Lipinski definition) is 0. The number of halogens is 1. The molecule has 0 aromatic carbocycles. The molecule has 0 aromatic heterocycles. The molecule has 0 radical (unpaired) electrons. The van der Waals surface area contributed by atoms with E-state index < -0.39 is 0 Å². The van der Waals surface area contributed by atoms with Crippen LogP contribution in [0.2, 0.25) is 0 Å². The van der Waals surface area contributed by atoms with Crippen LogP contribution in [0.4, 0.5) is 0 Å². The van der Waals surface area contributed by atoms with E-state index in [0.717, 1.165) is 30.5 Å². The van der Waals surface area contributed by atoms with Gasteiger partial charge in [-0.3, -0.25) is 0 Å². The molecule has 0 bridgehead atoms. The highest BCUT2D eigenvalue weighted by atomic mass is 127. The van der Waals surface area contributed by atoms with E-state index in [2.05, 4.69) is 36.4 Å². The summed E-state index contributed by atoms with van der Waals surface area (Å²) < 4.78 is 18.0. The summed E-state index contributed by atoms with van der Waals surface area (Å²) in [6.45, 7) is 6.69. The molecule has 0 saturated carbocycles. The van der Waals surface area contributed by atoms with Crippen molar-refractivity contribution in [3.8, 4) is 0 Å². The molecule has 0 spiro atoms. The lowest BCUT2D eigenvalue weighted by molar-refractivity contribution is -0.154. The minimum Gasteiger partial charge on any atom is -0.382 e. The Morgan fingerprint density at radius 2 is 1.94 bits per heavy atom. The number of alkyl halides is 1. The third-order valence-electron chi connectivity index (χ3n) is 3.12. The molecule has 1 atom stereocenters. The fourth-order valence-electron chi connectivity index (χ4n) is 1.87. The minimum atomic E-state index is 0.00623. The van der Waals surface area contributed by atoms with Crippen LogP contribution in [0.15, 0.2) is 0 Å². The fraction of sp³-hybridized carbons (Fsp3) is 1.00. The van der Waals surface area contributed by atoms with Crippen LogP contribution < -0.4 is 0 Å². The third-order valence-corrected chi connectivity index (χ3v) is 4.51. The van der Waals surface area contributed by atoms with Crippen molar-refractivity contribution in [2.24, 2.45) is 5.92 Å². The van der Waals surface area contributed by atoms with Crippen molar-refractivity contribution in [2.45, 2.75) is 38.4 Å². The Hall–Kier alpha value is 0.610. The van der Waals surface area contributed by atoms with Crippen molar-refractivity contribution in [1.82, 2.24) is 0 Å². The molecule has 16 heavy (non-hydrogen) atoms. The van der Waals surface area contributed by atoms with Gasteiger partial charge in [0.2, 0.25) is 0 Å². The van der Waals surface area contributed by atoms with Crippen LogP contribution in [0.3, 0.4) is 0 Å². The average molecular weight is 342 g/mol. The smallest absolute Gasteiger partial charge is 0.0839 e. The third kappa shape index (κ3) is 4.13. The van der Waals surface area contributed by atoms with Crippen LogP contribution >= 0.6 is 22.6 Å². The Labute approximate surface area is 112 Å². The SMILES string of the molecule is COCC(OC1(CI)CCOCC1)C(C)C. The molecule has 1 unspecified atom stereocenters. The highest BCUT2D eigenvalue weighted by Gasteiger charge is 2.35. The van der Waals surface area contributed by atoms with Crippen LogP contribution in [-0.2, 0) is 14.2 Å². The van der Waals surface area contributed by atoms with Gasteiger partial charge in [0, 0.05) is 37.6 Å². The zero-order valence-electron chi connectivity index (χ0n) is 10.5. The topological polar surface area (TPSA) is 27.7 Å². The lowest BCUT2D eigenvalue weighted by Gasteiger charge is -2.39. The highest BCUT2D eigenvalue weighted by Crippen LogP contribution is 2.30. The second kappa shape index (κ2) is 7.13. The van der Waals surface area contributed by atoms with Crippen molar-refractivity contribution in [3.05, 3.63) is 0 Å². The highest BCUT2D eigenvalue weighted by molar-refractivity contribution is 14.1. The maximum absolute atomic E-state index is 6.32. The predicted octanol–water partition coefficient (Wildman–Crippen LogP) is 2.66. The first-order valence-electron chi connectivity index (χ1n) is 5.94. The average Bonchev–Trinajstić information content (AvgIpc) is 2.29. The van der Waals surface area contributed by atoms with E-state index >= 15 is 0 Å². The summed E-state index contributed by atoms with van der Waals surface area (Å²) in [7, 11) is 1.74. The molecule has 0 N–H and O–H groups in total. The summed E-state index contributed by atoms with van der Waals surface area (Å²) in [6.07, 6.45) is 2.20. The second-order valence-corrected chi connectivity index (χ2v) is 5.55. The first kappa shape index (κ1) is 14.7. The molecule has 1 saturated heterocycles. The van der Waals surface area contributed by atoms with E-state index in [9.17, 15) is 0 Å². The van der Waals surface area contributed by atoms with Crippen molar-refractivity contribution < 1.29 is 14.2 Å². The van der Waals surface area contributed by atoms with E-state index in [-0.39, 0.29) is 11.7 Å². The number of hydrogen-bond acceptors (Lipinski definition) is 3. The first-order chi connectivity index (χ1) is 7.63. The zero-order valence-corrected chi connectivity index (χ0v) is 12.7. The predicted molar refractivity (Wildman–Crippen MR) is 73.3 cm³/mol. The van der Waals surface area contributed by atoms with Gasteiger partial charge in [0.05, 0.1) is 18.3 Å². The monoisotopic (exact) mass is 342 g/mol. The molecule has 1 fully saturated rings. The van der Waals surface area contributed by atoms with E-state index in [4.69, 9.17) is 14.2 Å². The minimum absolute atomic E-state index is 0.00623. The number of ether oxygens (including phenoxy) is 3. The van der Waals surface area contributed by atoms with Crippen LogP contribution in [0.25, 0.3) is 0 Å². The maximum atomic E-state index is 6.32. The van der Waals surface area contributed by atoms with Crippen LogP contribution in [0.1, 0.15) is 26.7 Å². The summed E-state index contributed by atoms with van der Waals surface area (Å²) in [5.41, 5.74) is 0.00623. The molecular formula is C12H23IO3. The summed E-state index contributed by atoms with van der Waals surface area (Å²) in [5, 5.41) is 0. The molecule has 4 heteroatoms. The lowest BCUT2D eigenvalue weighted by atomic mass is 9.95. The second-order valence-electron chi connectivity index (χ2n) is 4.78. The summed E-state index contributed by atoms with van der Waals surface area (Å²) >= 11 is 2.42. The van der Waals surface area contributed by atoms with E-state index in [1.54, 1.807) is 7.11 Å². The van der Waals surface area contributed by atoms with Crippen molar-refractivity contribution in [1.29, 1.82) is 0 Å². The Bertz CT molecular complexity index is 191. The summed E-state index contributed by atoms with van der Waals surface area (Å²) in [5.74, 6) is 0.489. The van der Waals surface area contributed by atoms with Gasteiger partial charge in [0.1, 0.15) is 0 Å². The van der Waals surface area contributed by atoms with Gasteiger partial charge in [-0.25, -0.2) is 0 Å². The van der Waals surface area contributed by atoms with Crippen LogP contribution in [-0.4, -0.2) is 43.1 Å². The van der Waals surface area contributed by atoms with Crippen LogP contribution in [0.5, 0.6) is 0 Å². The zero-order chi connectivity index (χ0) is 12.0. The molecule has 1 aliphatic heterocycles. The molecule has 96 valence electrons. The van der Waals surface area contributed by atoms with Gasteiger partial charge < -0.3 is 14.2 Å². The van der Waals surface area contributed by atoms with Gasteiger partial charge in [-0.05, 0) is 5.92 Å². The first-order valence-corrected chi connectivity index (χ1v) is 7.46. The Morgan fingerprint density at radius 1 is 1.31 bits per heavy atom. The number of rotatable bonds is 6. The van der Waals surface area contributed by atoms with Crippen LogP contribution in [0, 0.1) is 5.92 Å². The Balaban J connectivity index is 2.57. The largest absolute Gasteiger partial charge is 0.382 e. The lowest BCUT2D eigenvalue weighted by Crippen LogP contribution is -2.45. The van der Waals surface area contributed by atoms with Gasteiger partial charge in [0.25, 0.3) is 0 Å². The number of methoxy groups -OCH3 is 1. The van der Waals surface area contributed by atoms with Gasteiger partial charge in [-0.1, -0.05) is 36.4 Å². The van der Waals surface area contributed by atoms with Crippen molar-refractivity contribution in [3.63, 3.8) is 0 Å². The van der Waals surface area contributed by atoms with Gasteiger partial charge in [-0.2, -0.15) is 0 Å². The Kier molecular flexibility index (Phi) is 6.54. The molecule has 0 aromatic rings. The standard InChI is InChI=1S/C12H23IO3/c1-10(2)11(8-14-3)16-12(9-13)4-6-15-7-5-12/h10-11H,4-9H2,1-3H3. The summed E-state index contributed by atoms with van der Waals surface area (Å²) in [4.78, 5) is 0. The summed E-state index contributed by atoms with van der Waals surface area (Å²) in [6, 6.07) is 0. The van der Waals surface area contributed by atoms with Gasteiger partial charge >= 0.3 is 0 Å². The quantitative estimate of drug-likeness (QED) is 0.549. The molecule has 0 amide bonds. The maximum Gasteiger partial charge on any atom is 0.0839 e. The van der Waals surface area contributed by atoms with Gasteiger partial charge in [0.15, 0.2) is 0 Å². The van der Waals surface area contributed by atoms with E-state index in [1.807, 2.05) is 0 Å². The molecule has 1 aliphatic rings. The normalized spacial score (nSPS) is 22.3. The van der Waals surface area contributed by atoms with Gasteiger partial charge in [-0.15, -0.1) is 0 Å². The fourth-order valence-corrected chi connectivity index (χ4v) is 2.82. The molecule has 3 nitrogen and oxygen atoms in total. The molecule has 1 rings (SSSR count). The molecule has 1 heterocycles. The van der Waals surface area contributed by atoms with E-state index in [1.165, 1.54) is 0 Å².